The van der Waals surface area contributed by atoms with Crippen LogP contribution in [0.1, 0.15) is 22.5 Å². The molecular formula is C16H14ClN3O2. The number of esters is 1. The summed E-state index contributed by atoms with van der Waals surface area (Å²) in [6.45, 7) is 3.82. The number of carbonyl (C=O) groups is 1. The lowest BCUT2D eigenvalue weighted by Crippen LogP contribution is -2.05. The van der Waals surface area contributed by atoms with Gasteiger partial charge < -0.3 is 4.74 Å². The molecule has 1 aliphatic heterocycles. The molecule has 2 aromatic rings. The first kappa shape index (κ1) is 14.5. The quantitative estimate of drug-likeness (QED) is 0.632. The predicted octanol–water partition coefficient (Wildman–Crippen LogP) is 3.03. The molecule has 22 heavy (non-hydrogen) atoms. The first-order valence-corrected chi connectivity index (χ1v) is 7.13. The molecule has 1 aromatic carbocycles. The van der Waals surface area contributed by atoms with Crippen LogP contribution in [0.4, 0.5) is 0 Å². The Kier molecular flexibility index (Phi) is 3.58. The van der Waals surface area contributed by atoms with Crippen LogP contribution in [-0.2, 0) is 16.6 Å². The molecule has 0 spiro atoms. The summed E-state index contributed by atoms with van der Waals surface area (Å²) in [6.07, 6.45) is 1.70. The monoisotopic (exact) mass is 315 g/mol. The summed E-state index contributed by atoms with van der Waals surface area (Å²) >= 11 is 6.11. The highest BCUT2D eigenvalue weighted by Gasteiger charge is 2.26. The molecule has 0 radical (unpaired) electrons. The van der Waals surface area contributed by atoms with Crippen LogP contribution in [0.5, 0.6) is 0 Å². The minimum Gasteiger partial charge on any atom is -0.402 e. The minimum absolute atomic E-state index is 0.223. The summed E-state index contributed by atoms with van der Waals surface area (Å²) < 4.78 is 7.00. The molecular weight excluding hydrogens is 302 g/mol. The number of aryl methyl sites for hydroxylation is 2. The normalized spacial score (nSPS) is 16.1. The van der Waals surface area contributed by atoms with Gasteiger partial charge >= 0.3 is 5.97 Å². The maximum Gasteiger partial charge on any atom is 0.363 e. The molecule has 0 fully saturated rings. The summed E-state index contributed by atoms with van der Waals surface area (Å²) in [4.78, 5) is 16.3. The molecule has 0 saturated heterocycles. The average molecular weight is 316 g/mol. The maximum absolute atomic E-state index is 12.0. The third-order valence-corrected chi connectivity index (χ3v) is 3.90. The van der Waals surface area contributed by atoms with Crippen LogP contribution in [0.15, 0.2) is 35.0 Å². The molecule has 1 aromatic heterocycles. The topological polar surface area (TPSA) is 56.5 Å². The minimum atomic E-state index is -0.488. The Balaban J connectivity index is 2.04. The van der Waals surface area contributed by atoms with Crippen LogP contribution >= 0.6 is 11.6 Å². The van der Waals surface area contributed by atoms with Crippen LogP contribution < -0.4 is 0 Å². The number of rotatable bonds is 2. The van der Waals surface area contributed by atoms with Gasteiger partial charge in [0, 0.05) is 18.3 Å². The van der Waals surface area contributed by atoms with Crippen molar-refractivity contribution in [1.29, 1.82) is 0 Å². The number of nitrogens with zero attached hydrogens (tertiary/aromatic N) is 3. The van der Waals surface area contributed by atoms with Crippen molar-refractivity contribution in [2.24, 2.45) is 12.0 Å². The van der Waals surface area contributed by atoms with Gasteiger partial charge in [0.25, 0.3) is 0 Å². The van der Waals surface area contributed by atoms with Gasteiger partial charge in [-0.2, -0.15) is 5.10 Å². The number of hydrogen-bond donors (Lipinski definition) is 0. The molecule has 3 rings (SSSR count). The van der Waals surface area contributed by atoms with E-state index in [2.05, 4.69) is 10.1 Å². The van der Waals surface area contributed by atoms with Gasteiger partial charge in [-0.05, 0) is 32.1 Å². The molecule has 1 aliphatic rings. The Labute approximate surface area is 132 Å². The molecule has 0 N–H and O–H groups in total. The predicted molar refractivity (Wildman–Crippen MR) is 84.7 cm³/mol. The number of aromatic nitrogens is 2. The van der Waals surface area contributed by atoms with Crippen LogP contribution in [0.2, 0.25) is 5.02 Å². The van der Waals surface area contributed by atoms with Crippen molar-refractivity contribution < 1.29 is 9.53 Å². The fourth-order valence-electron chi connectivity index (χ4n) is 2.29. The SMILES string of the molecule is Cc1nn(C)c(C)c1/C=C1\N=C(c2ccccc2Cl)OC1=O. The number of halogens is 1. The first-order chi connectivity index (χ1) is 10.5. The third-order valence-electron chi connectivity index (χ3n) is 3.57. The Hall–Kier alpha value is -2.40. The molecule has 0 bridgehead atoms. The number of ether oxygens (including phenoxy) is 1. The lowest BCUT2D eigenvalue weighted by Gasteiger charge is -2.00. The standard InChI is InChI=1S/C16H14ClN3O2/c1-9-12(10(2)20(3)19-9)8-14-16(21)22-15(18-14)11-6-4-5-7-13(11)17/h4-8H,1-3H3/b14-8-. The van der Waals surface area contributed by atoms with Gasteiger partial charge in [0.05, 0.1) is 16.3 Å². The van der Waals surface area contributed by atoms with E-state index in [1.807, 2.05) is 33.0 Å². The lowest BCUT2D eigenvalue weighted by molar-refractivity contribution is -0.129. The van der Waals surface area contributed by atoms with Crippen molar-refractivity contribution in [3.8, 4) is 0 Å². The van der Waals surface area contributed by atoms with Crippen molar-refractivity contribution in [2.45, 2.75) is 13.8 Å². The zero-order chi connectivity index (χ0) is 15.9. The van der Waals surface area contributed by atoms with Gasteiger partial charge in [-0.25, -0.2) is 9.79 Å². The van der Waals surface area contributed by atoms with Gasteiger partial charge in [0.2, 0.25) is 5.90 Å². The number of benzene rings is 1. The van der Waals surface area contributed by atoms with Gasteiger partial charge in [-0.3, -0.25) is 4.68 Å². The molecule has 0 saturated carbocycles. The van der Waals surface area contributed by atoms with Crippen LogP contribution in [0, 0.1) is 13.8 Å². The van der Waals surface area contributed by atoms with Crippen molar-refractivity contribution in [3.63, 3.8) is 0 Å². The molecule has 112 valence electrons. The smallest absolute Gasteiger partial charge is 0.363 e. The van der Waals surface area contributed by atoms with Gasteiger partial charge in [0.15, 0.2) is 5.70 Å². The Morgan fingerprint density at radius 3 is 2.64 bits per heavy atom. The third kappa shape index (κ3) is 2.44. The zero-order valence-corrected chi connectivity index (χ0v) is 13.2. The molecule has 0 atom stereocenters. The van der Waals surface area contributed by atoms with Crippen LogP contribution in [0.3, 0.4) is 0 Å². The second kappa shape index (κ2) is 5.42. The molecule has 6 heteroatoms. The highest BCUT2D eigenvalue weighted by molar-refractivity contribution is 6.34. The highest BCUT2D eigenvalue weighted by atomic mass is 35.5. The molecule has 0 aliphatic carbocycles. The molecule has 0 unspecified atom stereocenters. The molecule has 0 amide bonds. The lowest BCUT2D eigenvalue weighted by atomic mass is 10.1. The number of cyclic esters (lactones) is 1. The van der Waals surface area contributed by atoms with Crippen LogP contribution in [-0.4, -0.2) is 21.6 Å². The second-order valence-electron chi connectivity index (χ2n) is 5.02. The van der Waals surface area contributed by atoms with Crippen molar-refractivity contribution in [2.75, 3.05) is 0 Å². The van der Waals surface area contributed by atoms with Crippen LogP contribution in [0.25, 0.3) is 6.08 Å². The van der Waals surface area contributed by atoms with Gasteiger partial charge in [-0.15, -0.1) is 0 Å². The summed E-state index contributed by atoms with van der Waals surface area (Å²) in [6, 6.07) is 7.11. The van der Waals surface area contributed by atoms with E-state index in [1.165, 1.54) is 0 Å². The fourth-order valence-corrected chi connectivity index (χ4v) is 2.51. The van der Waals surface area contributed by atoms with Crippen molar-refractivity contribution in [1.82, 2.24) is 9.78 Å². The molecule has 5 nitrogen and oxygen atoms in total. The number of hydrogen-bond acceptors (Lipinski definition) is 4. The first-order valence-electron chi connectivity index (χ1n) is 6.75. The fraction of sp³-hybridized carbons (Fsp3) is 0.188. The van der Waals surface area contributed by atoms with E-state index in [0.717, 1.165) is 17.0 Å². The van der Waals surface area contributed by atoms with Crippen molar-refractivity contribution in [3.05, 3.63) is 57.5 Å². The Morgan fingerprint density at radius 2 is 2.00 bits per heavy atom. The van der Waals surface area contributed by atoms with E-state index in [1.54, 1.807) is 22.9 Å². The van der Waals surface area contributed by atoms with E-state index in [0.29, 0.717) is 10.6 Å². The van der Waals surface area contributed by atoms with Crippen molar-refractivity contribution >= 4 is 29.5 Å². The van der Waals surface area contributed by atoms with E-state index in [9.17, 15) is 4.79 Å². The maximum atomic E-state index is 12.0. The highest BCUT2D eigenvalue weighted by Crippen LogP contribution is 2.25. The van der Waals surface area contributed by atoms with E-state index >= 15 is 0 Å². The number of carbonyl (C=O) groups excluding carboxylic acids is 1. The zero-order valence-electron chi connectivity index (χ0n) is 12.4. The Bertz CT molecular complexity index is 834. The average Bonchev–Trinajstić information content (AvgIpc) is 2.95. The number of aliphatic imine (C=N–C) groups is 1. The molecule has 2 heterocycles. The summed E-state index contributed by atoms with van der Waals surface area (Å²) in [5, 5.41) is 4.81. The summed E-state index contributed by atoms with van der Waals surface area (Å²) in [5.74, 6) is -0.265. The van der Waals surface area contributed by atoms with E-state index < -0.39 is 5.97 Å². The van der Waals surface area contributed by atoms with E-state index in [4.69, 9.17) is 16.3 Å². The Morgan fingerprint density at radius 1 is 1.27 bits per heavy atom. The second-order valence-corrected chi connectivity index (χ2v) is 5.43. The summed E-state index contributed by atoms with van der Waals surface area (Å²) in [5.41, 5.74) is 3.51. The van der Waals surface area contributed by atoms with E-state index in [-0.39, 0.29) is 11.6 Å². The van der Waals surface area contributed by atoms with Gasteiger partial charge in [-0.1, -0.05) is 23.7 Å². The largest absolute Gasteiger partial charge is 0.402 e. The van der Waals surface area contributed by atoms with Gasteiger partial charge in [0.1, 0.15) is 0 Å². The summed E-state index contributed by atoms with van der Waals surface area (Å²) in [7, 11) is 1.86.